The number of hydrogen-bond donors (Lipinski definition) is 0. The number of ether oxygens (including phenoxy) is 1. The van der Waals surface area contributed by atoms with Gasteiger partial charge in [-0.2, -0.15) is 0 Å². The molecule has 5 heteroatoms. The van der Waals surface area contributed by atoms with Crippen LogP contribution in [0.15, 0.2) is 54.6 Å². The molecule has 150 valence electrons. The van der Waals surface area contributed by atoms with E-state index in [-0.39, 0.29) is 11.9 Å². The molecule has 4 nitrogen and oxygen atoms in total. The molecule has 0 N–H and O–H groups in total. The van der Waals surface area contributed by atoms with Crippen molar-refractivity contribution in [2.24, 2.45) is 5.41 Å². The fraction of sp³-hybridized carbons (Fsp3) is 0.333. The first-order valence-corrected chi connectivity index (χ1v) is 10.2. The average molecular weight is 410 g/mol. The van der Waals surface area contributed by atoms with Crippen LogP contribution in [0.2, 0.25) is 5.02 Å². The van der Waals surface area contributed by atoms with Gasteiger partial charge in [-0.15, -0.1) is 0 Å². The molecule has 0 aliphatic carbocycles. The molecular weight excluding hydrogens is 386 g/mol. The number of rotatable bonds is 4. The molecule has 2 aromatic carbocycles. The Bertz CT molecular complexity index is 922. The highest BCUT2D eigenvalue weighted by Gasteiger charge is 2.43. The van der Waals surface area contributed by atoms with Crippen LogP contribution in [0.4, 0.5) is 0 Å². The summed E-state index contributed by atoms with van der Waals surface area (Å²) in [6.45, 7) is 3.06. The van der Waals surface area contributed by atoms with Crippen LogP contribution in [0.5, 0.6) is 0 Å². The van der Waals surface area contributed by atoms with Gasteiger partial charge in [-0.3, -0.25) is 9.59 Å². The first-order chi connectivity index (χ1) is 14.0. The van der Waals surface area contributed by atoms with E-state index in [9.17, 15) is 9.59 Å². The van der Waals surface area contributed by atoms with E-state index < -0.39 is 5.41 Å². The van der Waals surface area contributed by atoms with Crippen molar-refractivity contribution < 1.29 is 14.3 Å². The van der Waals surface area contributed by atoms with Gasteiger partial charge in [-0.25, -0.2) is 0 Å². The molecule has 0 aromatic heterocycles. The zero-order valence-corrected chi connectivity index (χ0v) is 17.2. The largest absolute Gasteiger partial charge is 0.466 e. The zero-order valence-electron chi connectivity index (χ0n) is 16.5. The molecule has 2 aromatic rings. The molecular formula is C24H24ClNO3. The van der Waals surface area contributed by atoms with Crippen LogP contribution in [0.3, 0.4) is 0 Å². The first kappa shape index (κ1) is 21.0. The van der Waals surface area contributed by atoms with Gasteiger partial charge < -0.3 is 9.64 Å². The highest BCUT2D eigenvalue weighted by Crippen LogP contribution is 2.38. The standard InChI is InChI=1S/C24H24ClNO3/c1-2-29-23(28)24(18-20-10-6-7-11-21(20)25)14-16-26(17-15-24)22(27)13-12-19-8-4-3-5-9-19/h3-11H,2,14-18H2,1H3. The fourth-order valence-electron chi connectivity index (χ4n) is 3.61. The lowest BCUT2D eigenvalue weighted by Gasteiger charge is -2.39. The zero-order chi connectivity index (χ0) is 20.7. The number of esters is 1. The Kier molecular flexibility index (Phi) is 6.95. The Balaban J connectivity index is 1.72. The Morgan fingerprint density at radius 1 is 1.07 bits per heavy atom. The fourth-order valence-corrected chi connectivity index (χ4v) is 3.81. The Morgan fingerprint density at radius 3 is 2.38 bits per heavy atom. The van der Waals surface area contributed by atoms with Crippen molar-refractivity contribution in [1.29, 1.82) is 0 Å². The van der Waals surface area contributed by atoms with E-state index in [1.54, 1.807) is 11.8 Å². The van der Waals surface area contributed by atoms with Crippen LogP contribution in [0.1, 0.15) is 30.9 Å². The lowest BCUT2D eigenvalue weighted by molar-refractivity contribution is -0.159. The van der Waals surface area contributed by atoms with Gasteiger partial charge >= 0.3 is 5.97 Å². The number of piperidine rings is 1. The quantitative estimate of drug-likeness (QED) is 0.564. The van der Waals surface area contributed by atoms with Crippen LogP contribution in [0, 0.1) is 17.3 Å². The summed E-state index contributed by atoms with van der Waals surface area (Å²) in [5.74, 6) is 5.17. The molecule has 0 bridgehead atoms. The van der Waals surface area contributed by atoms with Crippen LogP contribution in [-0.4, -0.2) is 36.5 Å². The second-order valence-corrected chi connectivity index (χ2v) is 7.58. The van der Waals surface area contributed by atoms with E-state index >= 15 is 0 Å². The number of hydrogen-bond acceptors (Lipinski definition) is 3. The van der Waals surface area contributed by atoms with Crippen molar-refractivity contribution in [3.05, 3.63) is 70.7 Å². The molecule has 1 amide bonds. The van der Waals surface area contributed by atoms with Crippen molar-refractivity contribution >= 4 is 23.5 Å². The van der Waals surface area contributed by atoms with E-state index in [0.29, 0.717) is 44.0 Å². The number of benzene rings is 2. The molecule has 1 aliphatic rings. The molecule has 1 saturated heterocycles. The van der Waals surface area contributed by atoms with E-state index in [1.165, 1.54) is 0 Å². The highest BCUT2D eigenvalue weighted by molar-refractivity contribution is 6.31. The van der Waals surface area contributed by atoms with Gasteiger partial charge in [-0.05, 0) is 49.9 Å². The number of likely N-dealkylation sites (tertiary alicyclic amines) is 1. The van der Waals surface area contributed by atoms with Gasteiger partial charge in [0.15, 0.2) is 0 Å². The van der Waals surface area contributed by atoms with Gasteiger partial charge in [0.25, 0.3) is 5.91 Å². The number of halogens is 1. The molecule has 0 saturated carbocycles. The van der Waals surface area contributed by atoms with E-state index in [4.69, 9.17) is 16.3 Å². The predicted molar refractivity (Wildman–Crippen MR) is 113 cm³/mol. The molecule has 1 heterocycles. The summed E-state index contributed by atoms with van der Waals surface area (Å²) >= 11 is 6.33. The minimum atomic E-state index is -0.676. The maximum Gasteiger partial charge on any atom is 0.312 e. The second kappa shape index (κ2) is 9.62. The van der Waals surface area contributed by atoms with Crippen LogP contribution in [0.25, 0.3) is 0 Å². The summed E-state index contributed by atoms with van der Waals surface area (Å²) < 4.78 is 5.38. The predicted octanol–water partition coefficient (Wildman–Crippen LogP) is 4.11. The van der Waals surface area contributed by atoms with Crippen LogP contribution < -0.4 is 0 Å². The molecule has 1 aliphatic heterocycles. The first-order valence-electron chi connectivity index (χ1n) is 9.81. The molecule has 1 fully saturated rings. The number of carbonyl (C=O) groups excluding carboxylic acids is 2. The van der Waals surface area contributed by atoms with E-state index in [0.717, 1.165) is 11.1 Å². The molecule has 3 rings (SSSR count). The van der Waals surface area contributed by atoms with Gasteiger partial charge in [0.2, 0.25) is 0 Å². The van der Waals surface area contributed by atoms with Crippen LogP contribution >= 0.6 is 11.6 Å². The monoisotopic (exact) mass is 409 g/mol. The van der Waals surface area contributed by atoms with Gasteiger partial charge in [-0.1, -0.05) is 53.9 Å². The number of amides is 1. The summed E-state index contributed by atoms with van der Waals surface area (Å²) in [7, 11) is 0. The lowest BCUT2D eigenvalue weighted by Crippen LogP contribution is -2.48. The van der Waals surface area contributed by atoms with Crippen molar-refractivity contribution in [1.82, 2.24) is 4.90 Å². The summed E-state index contributed by atoms with van der Waals surface area (Å²) in [5.41, 5.74) is 1.05. The Hall–Kier alpha value is -2.77. The van der Waals surface area contributed by atoms with Crippen LogP contribution in [-0.2, 0) is 20.7 Å². The third kappa shape index (κ3) is 5.19. The molecule has 0 radical (unpaired) electrons. The lowest BCUT2D eigenvalue weighted by atomic mass is 9.73. The van der Waals surface area contributed by atoms with Gasteiger partial charge in [0.1, 0.15) is 0 Å². The third-order valence-electron chi connectivity index (χ3n) is 5.29. The van der Waals surface area contributed by atoms with Crippen molar-refractivity contribution in [2.45, 2.75) is 26.2 Å². The normalized spacial score (nSPS) is 15.2. The summed E-state index contributed by atoms with van der Waals surface area (Å²) in [6, 6.07) is 17.0. The van der Waals surface area contributed by atoms with E-state index in [2.05, 4.69) is 11.8 Å². The Labute approximate surface area is 176 Å². The molecule has 0 spiro atoms. The van der Waals surface area contributed by atoms with Crippen molar-refractivity contribution in [3.63, 3.8) is 0 Å². The number of nitrogens with zero attached hydrogens (tertiary/aromatic N) is 1. The second-order valence-electron chi connectivity index (χ2n) is 7.18. The SMILES string of the molecule is CCOC(=O)C1(Cc2ccccc2Cl)CCN(C(=O)C#Cc2ccccc2)CC1. The maximum atomic E-state index is 12.8. The summed E-state index contributed by atoms with van der Waals surface area (Å²) in [5, 5.41) is 0.642. The minimum Gasteiger partial charge on any atom is -0.466 e. The maximum absolute atomic E-state index is 12.8. The summed E-state index contributed by atoms with van der Waals surface area (Å²) in [4.78, 5) is 27.0. The smallest absolute Gasteiger partial charge is 0.312 e. The third-order valence-corrected chi connectivity index (χ3v) is 5.66. The summed E-state index contributed by atoms with van der Waals surface area (Å²) in [6.07, 6.45) is 1.55. The van der Waals surface area contributed by atoms with Gasteiger partial charge in [0.05, 0.1) is 12.0 Å². The van der Waals surface area contributed by atoms with E-state index in [1.807, 2.05) is 54.6 Å². The minimum absolute atomic E-state index is 0.218. The highest BCUT2D eigenvalue weighted by atomic mass is 35.5. The van der Waals surface area contributed by atoms with Crippen molar-refractivity contribution in [2.75, 3.05) is 19.7 Å². The van der Waals surface area contributed by atoms with Crippen molar-refractivity contribution in [3.8, 4) is 11.8 Å². The molecule has 29 heavy (non-hydrogen) atoms. The average Bonchev–Trinajstić information content (AvgIpc) is 2.75. The number of carbonyl (C=O) groups is 2. The van der Waals surface area contributed by atoms with Gasteiger partial charge in [0, 0.05) is 29.6 Å². The Morgan fingerprint density at radius 2 is 1.72 bits per heavy atom. The molecule has 0 atom stereocenters. The topological polar surface area (TPSA) is 46.6 Å². The molecule has 0 unspecified atom stereocenters.